The van der Waals surface area contributed by atoms with Gasteiger partial charge in [-0.05, 0) is 44.2 Å². The molecular weight excluding hydrogens is 243 g/mol. The lowest BCUT2D eigenvalue weighted by Gasteiger charge is -2.18. The van der Waals surface area contributed by atoms with E-state index in [0.717, 1.165) is 11.3 Å². The Morgan fingerprint density at radius 1 is 1.47 bits per heavy atom. The minimum atomic E-state index is -0.250. The summed E-state index contributed by atoms with van der Waals surface area (Å²) in [6.45, 7) is 3.65. The monoisotopic (exact) mass is 258 g/mol. The predicted molar refractivity (Wildman–Crippen MR) is 70.4 cm³/mol. The topological polar surface area (TPSA) is 53.6 Å². The molecule has 0 fully saturated rings. The van der Waals surface area contributed by atoms with Crippen molar-refractivity contribution in [3.05, 3.63) is 47.3 Å². The zero-order valence-electron chi connectivity index (χ0n) is 11.1. The molecule has 19 heavy (non-hydrogen) atoms. The number of hydrogen-bond donors (Lipinski definition) is 1. The zero-order chi connectivity index (χ0) is 14.0. The Balaban J connectivity index is 2.68. The smallest absolute Gasteiger partial charge is 0.217 e. The molecule has 1 heterocycles. The van der Waals surface area contributed by atoms with Crippen molar-refractivity contribution >= 4 is 0 Å². The van der Waals surface area contributed by atoms with Gasteiger partial charge in [0.25, 0.3) is 0 Å². The highest BCUT2D eigenvalue weighted by Crippen LogP contribution is 2.25. The van der Waals surface area contributed by atoms with Crippen LogP contribution in [0.1, 0.15) is 29.9 Å². The minimum absolute atomic E-state index is 0.0287. The third kappa shape index (κ3) is 2.35. The highest BCUT2D eigenvalue weighted by molar-refractivity contribution is 5.48. The second-order valence-electron chi connectivity index (χ2n) is 4.40. The quantitative estimate of drug-likeness (QED) is 0.920. The fraction of sp³-hybridized carbons (Fsp3) is 0.286. The van der Waals surface area contributed by atoms with Crippen LogP contribution >= 0.6 is 0 Å². The lowest BCUT2D eigenvalue weighted by Crippen LogP contribution is -2.16. The van der Waals surface area contributed by atoms with Crippen molar-refractivity contribution < 1.29 is 4.39 Å². The maximum atomic E-state index is 13.8. The molecule has 98 valence electrons. The van der Waals surface area contributed by atoms with E-state index in [4.69, 9.17) is 5.26 Å². The van der Waals surface area contributed by atoms with E-state index in [1.165, 1.54) is 6.07 Å². The van der Waals surface area contributed by atoms with Crippen molar-refractivity contribution in [2.75, 3.05) is 7.05 Å². The number of hydrogen-bond acceptors (Lipinski definition) is 3. The molecule has 0 bridgehead atoms. The second-order valence-corrected chi connectivity index (χ2v) is 4.40. The Morgan fingerprint density at radius 2 is 2.21 bits per heavy atom. The van der Waals surface area contributed by atoms with Gasteiger partial charge in [-0.25, -0.2) is 9.37 Å². The summed E-state index contributed by atoms with van der Waals surface area (Å²) in [7, 11) is 1.81. The summed E-state index contributed by atoms with van der Waals surface area (Å²) in [5.41, 5.74) is 2.11. The van der Waals surface area contributed by atoms with E-state index in [1.807, 2.05) is 20.0 Å². The first-order valence-corrected chi connectivity index (χ1v) is 5.99. The van der Waals surface area contributed by atoms with Crippen LogP contribution in [0.4, 0.5) is 4.39 Å². The van der Waals surface area contributed by atoms with E-state index >= 15 is 0 Å². The highest BCUT2D eigenvalue weighted by atomic mass is 19.1. The molecule has 0 aliphatic rings. The molecule has 0 spiro atoms. The largest absolute Gasteiger partial charge is 0.313 e. The Kier molecular flexibility index (Phi) is 3.63. The standard InChI is InChI=1S/C14H15FN4/c1-9-6-13(19-5-4-18-14(19)8-16)11(7-12(9)15)10(2)17-3/h4-7,10,17H,1-3H3. The number of nitrogens with one attached hydrogen (secondary N) is 1. The lowest BCUT2D eigenvalue weighted by atomic mass is 10.0. The Labute approximate surface area is 111 Å². The van der Waals surface area contributed by atoms with Gasteiger partial charge < -0.3 is 5.32 Å². The van der Waals surface area contributed by atoms with Crippen molar-refractivity contribution in [3.63, 3.8) is 0 Å². The molecule has 1 atom stereocenters. The average Bonchev–Trinajstić information content (AvgIpc) is 2.88. The fourth-order valence-corrected chi connectivity index (χ4v) is 1.97. The third-order valence-electron chi connectivity index (χ3n) is 3.21. The van der Waals surface area contributed by atoms with Gasteiger partial charge in [0, 0.05) is 18.4 Å². The molecule has 1 N–H and O–H groups in total. The van der Waals surface area contributed by atoms with Gasteiger partial charge in [-0.1, -0.05) is 0 Å². The van der Waals surface area contributed by atoms with Crippen LogP contribution in [0.25, 0.3) is 5.69 Å². The van der Waals surface area contributed by atoms with Crippen molar-refractivity contribution in [2.45, 2.75) is 19.9 Å². The van der Waals surface area contributed by atoms with Gasteiger partial charge in [0.15, 0.2) is 0 Å². The first-order chi connectivity index (χ1) is 9.08. The average molecular weight is 258 g/mol. The van der Waals surface area contributed by atoms with Gasteiger partial charge in [0.05, 0.1) is 5.69 Å². The zero-order valence-corrected chi connectivity index (χ0v) is 11.1. The van der Waals surface area contributed by atoms with Gasteiger partial charge in [0.2, 0.25) is 5.82 Å². The molecule has 1 aromatic heterocycles. The lowest BCUT2D eigenvalue weighted by molar-refractivity contribution is 0.599. The number of benzene rings is 1. The van der Waals surface area contributed by atoms with Crippen molar-refractivity contribution in [1.29, 1.82) is 5.26 Å². The summed E-state index contributed by atoms with van der Waals surface area (Å²) < 4.78 is 15.4. The van der Waals surface area contributed by atoms with Crippen LogP contribution in [0.5, 0.6) is 0 Å². The first-order valence-electron chi connectivity index (χ1n) is 5.99. The maximum Gasteiger partial charge on any atom is 0.217 e. The Hall–Kier alpha value is -2.19. The first kappa shape index (κ1) is 13.2. The van der Waals surface area contributed by atoms with Crippen LogP contribution in [0.15, 0.2) is 24.5 Å². The van der Waals surface area contributed by atoms with Gasteiger partial charge in [-0.2, -0.15) is 5.26 Å². The third-order valence-corrected chi connectivity index (χ3v) is 3.21. The van der Waals surface area contributed by atoms with Gasteiger partial charge in [0.1, 0.15) is 11.9 Å². The predicted octanol–water partition coefficient (Wildman–Crippen LogP) is 2.47. The Morgan fingerprint density at radius 3 is 2.84 bits per heavy atom. The summed E-state index contributed by atoms with van der Waals surface area (Å²) in [6.07, 6.45) is 3.27. The minimum Gasteiger partial charge on any atom is -0.313 e. The van der Waals surface area contributed by atoms with Gasteiger partial charge in [-0.3, -0.25) is 4.57 Å². The van der Waals surface area contributed by atoms with E-state index in [9.17, 15) is 4.39 Å². The molecule has 1 unspecified atom stereocenters. The van der Waals surface area contributed by atoms with Crippen molar-refractivity contribution in [2.24, 2.45) is 0 Å². The molecule has 2 rings (SSSR count). The van der Waals surface area contributed by atoms with E-state index < -0.39 is 0 Å². The number of nitrogens with zero attached hydrogens (tertiary/aromatic N) is 3. The van der Waals surface area contributed by atoms with Crippen LogP contribution in [-0.2, 0) is 0 Å². The summed E-state index contributed by atoms with van der Waals surface area (Å²) in [5, 5.41) is 12.1. The van der Waals surface area contributed by atoms with Crippen LogP contribution in [0.3, 0.4) is 0 Å². The molecule has 0 amide bonds. The molecule has 0 radical (unpaired) electrons. The SMILES string of the molecule is CNC(C)c1cc(F)c(C)cc1-n1ccnc1C#N. The molecule has 1 aromatic carbocycles. The van der Waals surface area contributed by atoms with Gasteiger partial charge in [-0.15, -0.1) is 0 Å². The molecule has 4 nitrogen and oxygen atoms in total. The van der Waals surface area contributed by atoms with Crippen molar-refractivity contribution in [3.8, 4) is 11.8 Å². The van der Waals surface area contributed by atoms with Crippen LogP contribution < -0.4 is 5.32 Å². The van der Waals surface area contributed by atoms with Crippen molar-refractivity contribution in [1.82, 2.24) is 14.9 Å². The molecule has 0 aliphatic carbocycles. The number of aryl methyl sites for hydroxylation is 1. The van der Waals surface area contributed by atoms with E-state index in [2.05, 4.69) is 10.3 Å². The number of imidazole rings is 1. The maximum absolute atomic E-state index is 13.8. The van der Waals surface area contributed by atoms with E-state index in [0.29, 0.717) is 5.56 Å². The second kappa shape index (κ2) is 5.21. The molecule has 0 saturated carbocycles. The summed E-state index contributed by atoms with van der Waals surface area (Å²) in [5.74, 6) is 0.0371. The Bertz CT molecular complexity index is 639. The van der Waals surface area contributed by atoms with E-state index in [-0.39, 0.29) is 17.7 Å². The molecule has 0 saturated heterocycles. The highest BCUT2D eigenvalue weighted by Gasteiger charge is 2.15. The van der Waals surface area contributed by atoms with Crippen LogP contribution in [0.2, 0.25) is 0 Å². The number of halogens is 1. The molecule has 5 heteroatoms. The molecule has 2 aromatic rings. The molecule has 0 aliphatic heterocycles. The van der Waals surface area contributed by atoms with E-state index in [1.54, 1.807) is 30.0 Å². The number of nitriles is 1. The number of aromatic nitrogens is 2. The summed E-state index contributed by atoms with van der Waals surface area (Å²) in [6, 6.07) is 5.25. The van der Waals surface area contributed by atoms with Crippen LogP contribution in [-0.4, -0.2) is 16.6 Å². The van der Waals surface area contributed by atoms with Gasteiger partial charge >= 0.3 is 0 Å². The summed E-state index contributed by atoms with van der Waals surface area (Å²) in [4.78, 5) is 3.98. The fourth-order valence-electron chi connectivity index (χ4n) is 1.97. The molecular formula is C14H15FN4. The summed E-state index contributed by atoms with van der Waals surface area (Å²) >= 11 is 0. The normalized spacial score (nSPS) is 12.2. The van der Waals surface area contributed by atoms with Crippen LogP contribution in [0, 0.1) is 24.1 Å². The number of rotatable bonds is 3.